The molecule has 1 atom stereocenters. The summed E-state index contributed by atoms with van der Waals surface area (Å²) in [5, 5.41) is 8.69. The maximum Gasteiger partial charge on any atom is 0.0496 e. The van der Waals surface area contributed by atoms with Gasteiger partial charge >= 0.3 is 0 Å². The first kappa shape index (κ1) is 9.18. The lowest BCUT2D eigenvalue weighted by Crippen LogP contribution is -1.99. The maximum absolute atomic E-state index is 8.69. The van der Waals surface area contributed by atoms with Crippen molar-refractivity contribution in [1.29, 1.82) is 0 Å². The Morgan fingerprint density at radius 2 is 2.10 bits per heavy atom. The molecule has 0 radical (unpaired) electrons. The van der Waals surface area contributed by atoms with E-state index in [2.05, 4.69) is 13.2 Å². The Kier molecular flexibility index (Phi) is 5.79. The predicted molar refractivity (Wildman–Crippen MR) is 44.7 cm³/mol. The van der Waals surface area contributed by atoms with E-state index in [4.69, 9.17) is 5.11 Å². The van der Waals surface area contributed by atoms with Gasteiger partial charge in [0.1, 0.15) is 0 Å². The minimum Gasteiger partial charge on any atom is -0.396 e. The van der Waals surface area contributed by atoms with Crippen LogP contribution in [0, 0.1) is 5.92 Å². The number of aliphatic hydroxyl groups is 1. The molecule has 1 nitrogen and oxygen atoms in total. The van der Waals surface area contributed by atoms with Crippen molar-refractivity contribution in [2.75, 3.05) is 6.61 Å². The van der Waals surface area contributed by atoms with Crippen LogP contribution in [0.5, 0.6) is 0 Å². The summed E-state index contributed by atoms with van der Waals surface area (Å²) in [4.78, 5) is 0. The van der Waals surface area contributed by atoms with Crippen molar-refractivity contribution >= 4 is 0 Å². The van der Waals surface area contributed by atoms with E-state index in [0.29, 0.717) is 0 Å². The fourth-order valence-corrected chi connectivity index (χ4v) is 0.595. The normalized spacial score (nSPS) is 13.3. The van der Waals surface area contributed by atoms with Crippen LogP contribution in [0.2, 0.25) is 0 Å². The maximum atomic E-state index is 8.69. The van der Waals surface area contributed by atoms with E-state index >= 15 is 0 Å². The molecule has 0 spiro atoms. The topological polar surface area (TPSA) is 20.2 Å². The van der Waals surface area contributed by atoms with Crippen molar-refractivity contribution in [3.8, 4) is 0 Å². The first-order valence-corrected chi connectivity index (χ1v) is 3.36. The van der Waals surface area contributed by atoms with Gasteiger partial charge in [-0.15, -0.1) is 6.58 Å². The van der Waals surface area contributed by atoms with Crippen molar-refractivity contribution in [1.82, 2.24) is 0 Å². The molecule has 0 amide bonds. The summed E-state index contributed by atoms with van der Waals surface area (Å²) in [6.45, 7) is 7.30. The Hall–Kier alpha value is -0.820. The van der Waals surface area contributed by atoms with Crippen LogP contribution in [0.4, 0.5) is 0 Å². The molecule has 0 aliphatic rings. The monoisotopic (exact) mass is 138 g/mol. The molecule has 0 saturated heterocycles. The van der Waals surface area contributed by atoms with Crippen LogP contribution in [-0.4, -0.2) is 11.7 Å². The number of aliphatic hydroxyl groups excluding tert-OH is 1. The molecule has 0 heterocycles. The Morgan fingerprint density at radius 1 is 1.40 bits per heavy atom. The molecule has 0 aromatic rings. The molecule has 1 unspecified atom stereocenters. The average Bonchev–Trinajstić information content (AvgIpc) is 1.99. The second kappa shape index (κ2) is 6.30. The lowest BCUT2D eigenvalue weighted by molar-refractivity contribution is 0.254. The Morgan fingerprint density at radius 3 is 2.50 bits per heavy atom. The van der Waals surface area contributed by atoms with Gasteiger partial charge in [0.2, 0.25) is 0 Å². The number of hydrogen-bond donors (Lipinski definition) is 1. The Labute approximate surface area is 62.4 Å². The first-order valence-electron chi connectivity index (χ1n) is 3.36. The van der Waals surface area contributed by atoms with Crippen molar-refractivity contribution in [3.63, 3.8) is 0 Å². The van der Waals surface area contributed by atoms with Gasteiger partial charge in [-0.1, -0.05) is 30.9 Å². The average molecular weight is 138 g/mol. The minimum atomic E-state index is 0.172. The molecule has 10 heavy (non-hydrogen) atoms. The zero-order valence-corrected chi connectivity index (χ0v) is 6.16. The summed E-state index contributed by atoms with van der Waals surface area (Å²) in [5.74, 6) is 0.191. The molecule has 0 fully saturated rings. The molecule has 1 N–H and O–H groups in total. The summed E-state index contributed by atoms with van der Waals surface area (Å²) in [6.07, 6.45) is 8.15. The third-order valence-corrected chi connectivity index (χ3v) is 1.28. The zero-order valence-electron chi connectivity index (χ0n) is 6.16. The SMILES string of the molecule is C=C/C=C/CC(C=C)CO. The van der Waals surface area contributed by atoms with Gasteiger partial charge in [-0.2, -0.15) is 0 Å². The van der Waals surface area contributed by atoms with Gasteiger partial charge in [-0.3, -0.25) is 0 Å². The van der Waals surface area contributed by atoms with Crippen LogP contribution in [-0.2, 0) is 0 Å². The van der Waals surface area contributed by atoms with Crippen LogP contribution in [0.1, 0.15) is 6.42 Å². The van der Waals surface area contributed by atoms with E-state index in [9.17, 15) is 0 Å². The summed E-state index contributed by atoms with van der Waals surface area (Å²) >= 11 is 0. The second-order valence-electron chi connectivity index (χ2n) is 2.08. The van der Waals surface area contributed by atoms with Crippen molar-refractivity contribution < 1.29 is 5.11 Å². The van der Waals surface area contributed by atoms with Crippen LogP contribution < -0.4 is 0 Å². The van der Waals surface area contributed by atoms with Gasteiger partial charge in [0, 0.05) is 12.5 Å². The highest BCUT2D eigenvalue weighted by molar-refractivity contribution is 4.99. The molecular weight excluding hydrogens is 124 g/mol. The van der Waals surface area contributed by atoms with Crippen LogP contribution in [0.15, 0.2) is 37.5 Å². The summed E-state index contributed by atoms with van der Waals surface area (Å²) in [6, 6.07) is 0. The molecule has 0 aromatic carbocycles. The predicted octanol–water partition coefficient (Wildman–Crippen LogP) is 1.91. The molecular formula is C9H14O. The van der Waals surface area contributed by atoms with Crippen LogP contribution in [0.3, 0.4) is 0 Å². The Bertz CT molecular complexity index is 125. The third kappa shape index (κ3) is 4.10. The molecule has 0 aliphatic heterocycles. The molecule has 0 aromatic heterocycles. The fraction of sp³-hybridized carbons (Fsp3) is 0.333. The standard InChI is InChI=1S/C9H14O/c1-3-5-6-7-9(4-2)8-10/h3-6,9-10H,1-2,7-8H2/b6-5+. The summed E-state index contributed by atoms with van der Waals surface area (Å²) in [5.41, 5.74) is 0. The van der Waals surface area contributed by atoms with Gasteiger partial charge in [0.25, 0.3) is 0 Å². The van der Waals surface area contributed by atoms with Gasteiger partial charge < -0.3 is 5.11 Å². The fourth-order valence-electron chi connectivity index (χ4n) is 0.595. The Balaban J connectivity index is 3.52. The van der Waals surface area contributed by atoms with Crippen molar-refractivity contribution in [2.45, 2.75) is 6.42 Å². The summed E-state index contributed by atoms with van der Waals surface area (Å²) < 4.78 is 0. The van der Waals surface area contributed by atoms with E-state index in [1.807, 2.05) is 12.2 Å². The van der Waals surface area contributed by atoms with E-state index in [0.717, 1.165) is 6.42 Å². The molecule has 56 valence electrons. The summed E-state index contributed by atoms with van der Waals surface area (Å²) in [7, 11) is 0. The molecule has 0 bridgehead atoms. The lowest BCUT2D eigenvalue weighted by Gasteiger charge is -2.02. The lowest BCUT2D eigenvalue weighted by atomic mass is 10.1. The van der Waals surface area contributed by atoms with Gasteiger partial charge in [-0.05, 0) is 6.42 Å². The molecule has 0 aliphatic carbocycles. The molecule has 0 saturated carbocycles. The minimum absolute atomic E-state index is 0.172. The number of allylic oxidation sites excluding steroid dienone is 3. The highest BCUT2D eigenvalue weighted by Crippen LogP contribution is 2.03. The quantitative estimate of drug-likeness (QED) is 0.454. The van der Waals surface area contributed by atoms with Crippen molar-refractivity contribution in [3.05, 3.63) is 37.5 Å². The van der Waals surface area contributed by atoms with Gasteiger partial charge in [-0.25, -0.2) is 0 Å². The largest absolute Gasteiger partial charge is 0.396 e. The third-order valence-electron chi connectivity index (χ3n) is 1.28. The highest BCUT2D eigenvalue weighted by Gasteiger charge is 1.96. The van der Waals surface area contributed by atoms with Crippen LogP contribution in [0.25, 0.3) is 0 Å². The number of rotatable bonds is 5. The zero-order chi connectivity index (χ0) is 7.82. The smallest absolute Gasteiger partial charge is 0.0496 e. The molecule has 1 heteroatoms. The highest BCUT2D eigenvalue weighted by atomic mass is 16.3. The van der Waals surface area contributed by atoms with E-state index < -0.39 is 0 Å². The van der Waals surface area contributed by atoms with Gasteiger partial charge in [0.15, 0.2) is 0 Å². The number of hydrogen-bond acceptors (Lipinski definition) is 1. The van der Waals surface area contributed by atoms with E-state index in [1.165, 1.54) is 0 Å². The van der Waals surface area contributed by atoms with E-state index in [1.54, 1.807) is 12.2 Å². The first-order chi connectivity index (χ1) is 4.85. The second-order valence-corrected chi connectivity index (χ2v) is 2.08. The van der Waals surface area contributed by atoms with E-state index in [-0.39, 0.29) is 12.5 Å². The van der Waals surface area contributed by atoms with Crippen molar-refractivity contribution in [2.24, 2.45) is 5.92 Å². The van der Waals surface area contributed by atoms with Gasteiger partial charge in [0.05, 0.1) is 0 Å². The van der Waals surface area contributed by atoms with Crippen LogP contribution >= 0.6 is 0 Å². The molecule has 0 rings (SSSR count).